The summed E-state index contributed by atoms with van der Waals surface area (Å²) in [5.74, 6) is 0.547. The van der Waals surface area contributed by atoms with Crippen molar-refractivity contribution in [2.45, 2.75) is 44.3 Å². The Kier molecular flexibility index (Phi) is 4.99. The van der Waals surface area contributed by atoms with Crippen LogP contribution in [0.4, 0.5) is 14.7 Å². The number of aromatic amines is 1. The smallest absolute Gasteiger partial charge is 0.261 e. The lowest BCUT2D eigenvalue weighted by molar-refractivity contribution is -0.0374. The number of H-pyrrole nitrogens is 1. The van der Waals surface area contributed by atoms with Crippen LogP contribution in [-0.2, 0) is 4.74 Å². The molecule has 0 spiro atoms. The molecular formula is C20H21F2N7O. The highest BCUT2D eigenvalue weighted by Gasteiger charge is 2.23. The third kappa shape index (κ3) is 3.82. The molecule has 0 atom stereocenters. The second kappa shape index (κ2) is 7.94. The molecule has 1 saturated carbocycles. The van der Waals surface area contributed by atoms with Crippen LogP contribution in [0, 0.1) is 0 Å². The molecule has 10 heteroatoms. The first-order valence-electron chi connectivity index (χ1n) is 9.97. The Bertz CT molecular complexity index is 1150. The molecule has 1 fully saturated rings. The van der Waals surface area contributed by atoms with Gasteiger partial charge in [-0.25, -0.2) is 23.3 Å². The van der Waals surface area contributed by atoms with E-state index in [1.54, 1.807) is 23.1 Å². The van der Waals surface area contributed by atoms with Crippen LogP contribution in [-0.4, -0.2) is 54.7 Å². The fraction of sp³-hybridized carbons (Fsp3) is 0.400. The fourth-order valence-corrected chi connectivity index (χ4v) is 3.91. The van der Waals surface area contributed by atoms with Crippen LogP contribution < -0.4 is 5.32 Å². The van der Waals surface area contributed by atoms with Gasteiger partial charge in [0.15, 0.2) is 5.65 Å². The molecular weight excluding hydrogens is 392 g/mol. The van der Waals surface area contributed by atoms with Gasteiger partial charge >= 0.3 is 0 Å². The van der Waals surface area contributed by atoms with Gasteiger partial charge in [-0.05, 0) is 37.8 Å². The van der Waals surface area contributed by atoms with Gasteiger partial charge in [0, 0.05) is 41.8 Å². The molecule has 0 aromatic carbocycles. The van der Waals surface area contributed by atoms with E-state index in [2.05, 4.69) is 30.4 Å². The van der Waals surface area contributed by atoms with E-state index < -0.39 is 13.0 Å². The lowest BCUT2D eigenvalue weighted by atomic mass is 9.93. The molecule has 1 aliphatic rings. The number of nitrogens with one attached hydrogen (secondary N) is 2. The number of aromatic nitrogens is 6. The first-order valence-corrected chi connectivity index (χ1v) is 9.97. The van der Waals surface area contributed by atoms with Gasteiger partial charge in [0.2, 0.25) is 5.95 Å². The molecule has 0 amide bonds. The molecule has 1 aliphatic carbocycles. The van der Waals surface area contributed by atoms with Crippen molar-refractivity contribution in [2.24, 2.45) is 0 Å². The number of anilines is 1. The van der Waals surface area contributed by atoms with E-state index in [9.17, 15) is 8.78 Å². The monoisotopic (exact) mass is 413 g/mol. The maximum Gasteiger partial charge on any atom is 0.261 e. The number of hydrogen-bond acceptors (Lipinski definition) is 6. The highest BCUT2D eigenvalue weighted by Crippen LogP contribution is 2.28. The number of rotatable bonds is 6. The quantitative estimate of drug-likeness (QED) is 0.501. The largest absolute Gasteiger partial charge is 0.372 e. The summed E-state index contributed by atoms with van der Waals surface area (Å²) in [7, 11) is 0. The van der Waals surface area contributed by atoms with Crippen molar-refractivity contribution < 1.29 is 13.5 Å². The number of ether oxygens (including phenoxy) is 1. The zero-order chi connectivity index (χ0) is 20.5. The fourth-order valence-electron chi connectivity index (χ4n) is 3.91. The Labute approximate surface area is 170 Å². The number of halogens is 2. The maximum atomic E-state index is 12.3. The van der Waals surface area contributed by atoms with Gasteiger partial charge in [0.05, 0.1) is 11.8 Å². The Balaban J connectivity index is 1.27. The minimum Gasteiger partial charge on any atom is -0.372 e. The minimum absolute atomic E-state index is 0.0910. The van der Waals surface area contributed by atoms with Gasteiger partial charge in [-0.1, -0.05) is 0 Å². The average Bonchev–Trinajstić information content (AvgIpc) is 3.39. The van der Waals surface area contributed by atoms with Crippen LogP contribution in [0.5, 0.6) is 0 Å². The third-order valence-electron chi connectivity index (χ3n) is 5.43. The summed E-state index contributed by atoms with van der Waals surface area (Å²) in [5, 5.41) is 8.82. The van der Waals surface area contributed by atoms with Gasteiger partial charge < -0.3 is 15.0 Å². The number of nitrogens with zero attached hydrogens (tertiary/aromatic N) is 5. The third-order valence-corrected chi connectivity index (χ3v) is 5.43. The second-order valence-electron chi connectivity index (χ2n) is 7.45. The summed E-state index contributed by atoms with van der Waals surface area (Å²) in [5.41, 5.74) is 3.24. The van der Waals surface area contributed by atoms with Crippen LogP contribution in [0.25, 0.3) is 27.9 Å². The molecule has 30 heavy (non-hydrogen) atoms. The predicted octanol–water partition coefficient (Wildman–Crippen LogP) is 3.67. The van der Waals surface area contributed by atoms with Gasteiger partial charge in [0.1, 0.15) is 12.3 Å². The minimum atomic E-state index is -2.41. The van der Waals surface area contributed by atoms with E-state index in [0.717, 1.165) is 53.6 Å². The lowest BCUT2D eigenvalue weighted by Crippen LogP contribution is -2.31. The van der Waals surface area contributed by atoms with Crippen LogP contribution in [0.1, 0.15) is 25.7 Å². The molecule has 2 N–H and O–H groups in total. The van der Waals surface area contributed by atoms with E-state index in [0.29, 0.717) is 5.95 Å². The Morgan fingerprint density at radius 3 is 2.90 bits per heavy atom. The molecule has 0 radical (unpaired) electrons. The van der Waals surface area contributed by atoms with Crippen molar-refractivity contribution >= 4 is 22.6 Å². The van der Waals surface area contributed by atoms with Crippen LogP contribution in [0.15, 0.2) is 36.9 Å². The van der Waals surface area contributed by atoms with E-state index in [1.807, 2.05) is 18.3 Å². The van der Waals surface area contributed by atoms with Crippen molar-refractivity contribution in [3.63, 3.8) is 0 Å². The first kappa shape index (κ1) is 18.9. The highest BCUT2D eigenvalue weighted by atomic mass is 19.3. The van der Waals surface area contributed by atoms with Crippen molar-refractivity contribution in [3.8, 4) is 11.3 Å². The van der Waals surface area contributed by atoms with Gasteiger partial charge in [-0.3, -0.25) is 0 Å². The Morgan fingerprint density at radius 1 is 1.20 bits per heavy atom. The van der Waals surface area contributed by atoms with Crippen molar-refractivity contribution in [2.75, 3.05) is 11.9 Å². The molecule has 4 aromatic heterocycles. The second-order valence-corrected chi connectivity index (χ2v) is 7.45. The van der Waals surface area contributed by atoms with E-state index in [1.165, 1.54) is 0 Å². The summed E-state index contributed by atoms with van der Waals surface area (Å²) in [6, 6.07) is 4.04. The summed E-state index contributed by atoms with van der Waals surface area (Å²) in [6.07, 6.45) is 7.84. The van der Waals surface area contributed by atoms with E-state index in [4.69, 9.17) is 4.74 Å². The van der Waals surface area contributed by atoms with Gasteiger partial charge in [-0.2, -0.15) is 10.1 Å². The molecule has 4 heterocycles. The van der Waals surface area contributed by atoms with E-state index >= 15 is 0 Å². The zero-order valence-corrected chi connectivity index (χ0v) is 16.1. The number of hydrogen-bond donors (Lipinski definition) is 2. The van der Waals surface area contributed by atoms with Crippen LogP contribution in [0.3, 0.4) is 0 Å². The van der Waals surface area contributed by atoms with Crippen molar-refractivity contribution in [1.82, 2.24) is 29.5 Å². The summed E-state index contributed by atoms with van der Waals surface area (Å²) < 4.78 is 31.5. The summed E-state index contributed by atoms with van der Waals surface area (Å²) in [6.45, 7) is -0.486. The van der Waals surface area contributed by atoms with Crippen molar-refractivity contribution in [1.29, 1.82) is 0 Å². The maximum absolute atomic E-state index is 12.3. The molecule has 0 unspecified atom stereocenters. The molecule has 5 rings (SSSR count). The standard InChI is InChI=1S/C20H21F2N7O/c21-17(22)11-30-13-3-1-12(2-4-13)26-20-25-10-15-14(9-24-19(15)27-20)16-5-6-18-23-7-8-29(18)28-16/h5-10,12-13,17H,1-4,11H2,(H2,24,25,26,27)/t12-,13+. The molecule has 0 aliphatic heterocycles. The first-order chi connectivity index (χ1) is 14.7. The summed E-state index contributed by atoms with van der Waals surface area (Å²) in [4.78, 5) is 16.5. The average molecular weight is 413 g/mol. The number of alkyl halides is 2. The van der Waals surface area contributed by atoms with E-state index in [-0.39, 0.29) is 12.1 Å². The number of fused-ring (bicyclic) bond motifs is 2. The lowest BCUT2D eigenvalue weighted by Gasteiger charge is -2.29. The molecule has 156 valence electrons. The van der Waals surface area contributed by atoms with Gasteiger partial charge in [-0.15, -0.1) is 0 Å². The number of imidazole rings is 1. The normalized spacial score (nSPS) is 19.7. The SMILES string of the molecule is FC(F)CO[C@H]1CC[C@@H](Nc2ncc3c(-c4ccc5nccn5n4)c[nH]c3n2)CC1. The Hall–Kier alpha value is -3.14. The predicted molar refractivity (Wildman–Crippen MR) is 107 cm³/mol. The highest BCUT2D eigenvalue weighted by molar-refractivity contribution is 5.92. The van der Waals surface area contributed by atoms with Crippen LogP contribution in [0.2, 0.25) is 0 Å². The molecule has 0 bridgehead atoms. The topological polar surface area (TPSA) is 93.0 Å². The van der Waals surface area contributed by atoms with Crippen molar-refractivity contribution in [3.05, 3.63) is 36.9 Å². The Morgan fingerprint density at radius 2 is 2.07 bits per heavy atom. The van der Waals surface area contributed by atoms with Gasteiger partial charge in [0.25, 0.3) is 6.43 Å². The zero-order valence-electron chi connectivity index (χ0n) is 16.1. The van der Waals surface area contributed by atoms with Crippen LogP contribution >= 0.6 is 0 Å². The molecule has 0 saturated heterocycles. The molecule has 8 nitrogen and oxygen atoms in total. The molecule has 4 aromatic rings. The summed E-state index contributed by atoms with van der Waals surface area (Å²) >= 11 is 0.